The predicted octanol–water partition coefficient (Wildman–Crippen LogP) is 3.18. The Bertz CT molecular complexity index is 293. The van der Waals surface area contributed by atoms with Gasteiger partial charge in [0.15, 0.2) is 0 Å². The van der Waals surface area contributed by atoms with Gasteiger partial charge < -0.3 is 0 Å². The average molecular weight is 227 g/mol. The summed E-state index contributed by atoms with van der Waals surface area (Å²) in [5.74, 6) is 0. The van der Waals surface area contributed by atoms with E-state index >= 15 is 0 Å². The summed E-state index contributed by atoms with van der Waals surface area (Å²) in [6.45, 7) is 13.5. The zero-order valence-electron chi connectivity index (χ0n) is 8.79. The van der Waals surface area contributed by atoms with Crippen molar-refractivity contribution in [2.24, 2.45) is 9.03 Å². The molecule has 0 aromatic heterocycles. The topological polar surface area (TPSA) is 36.8 Å². The third-order valence-electron chi connectivity index (χ3n) is 1.48. The van der Waals surface area contributed by atoms with E-state index in [2.05, 4.69) is 44.8 Å². The van der Waals surface area contributed by atoms with Crippen molar-refractivity contribution in [1.82, 2.24) is 4.86 Å². The second-order valence-corrected chi connectivity index (χ2v) is 15.6. The van der Waals surface area contributed by atoms with Crippen LogP contribution in [0.2, 0.25) is 0 Å². The number of nitrogens with one attached hydrogen (secondary N) is 1. The summed E-state index contributed by atoms with van der Waals surface area (Å²) in [6.07, 6.45) is 0. The zero-order valence-corrected chi connectivity index (χ0v) is 11.6. The van der Waals surface area contributed by atoms with Gasteiger partial charge in [0.2, 0.25) is 0 Å². The molecule has 1 rings (SSSR count). The number of hydrogen-bond acceptors (Lipinski definition) is 3. The van der Waals surface area contributed by atoms with Gasteiger partial charge in [-0.25, -0.2) is 0 Å². The molecular weight excluding hydrogens is 207 g/mol. The van der Waals surface area contributed by atoms with E-state index in [1.807, 2.05) is 0 Å². The summed E-state index contributed by atoms with van der Waals surface area (Å²) < 4.78 is 9.66. The Morgan fingerprint density at radius 2 is 1.58 bits per heavy atom. The number of rotatable bonds is 0. The minimum atomic E-state index is -1.48. The van der Waals surface area contributed by atoms with Crippen molar-refractivity contribution in [3.63, 3.8) is 0 Å². The third kappa shape index (κ3) is 2.96. The Kier molecular flexibility index (Phi) is 2.66. The van der Waals surface area contributed by atoms with E-state index < -0.39 is 22.0 Å². The average Bonchev–Trinajstić information content (AvgIpc) is 1.44. The van der Waals surface area contributed by atoms with Crippen LogP contribution in [0.25, 0.3) is 0 Å². The summed E-state index contributed by atoms with van der Waals surface area (Å²) in [6, 6.07) is 0. The van der Waals surface area contributed by atoms with E-state index in [4.69, 9.17) is 9.03 Å². The molecule has 0 aromatic rings. The molecule has 0 aliphatic carbocycles. The number of nitrogens with zero attached hydrogens (tertiary/aromatic N) is 2. The van der Waals surface area contributed by atoms with Crippen molar-refractivity contribution in [3.05, 3.63) is 0 Å². The molecule has 0 unspecified atom stereocenters. The summed E-state index contributed by atoms with van der Waals surface area (Å²) in [7, 11) is -3.95. The molecule has 1 N–H and O–H groups in total. The van der Waals surface area contributed by atoms with Crippen LogP contribution in [0.5, 0.6) is 0 Å². The van der Waals surface area contributed by atoms with E-state index in [1.54, 1.807) is 0 Å². The third-order valence-corrected chi connectivity index (χ3v) is 13.4. The first kappa shape index (κ1) is 10.9. The molecule has 0 fully saturated rings. The summed E-state index contributed by atoms with van der Waals surface area (Å²) in [5, 5.41) is 0. The summed E-state index contributed by atoms with van der Waals surface area (Å²) >= 11 is 0. The molecule has 1 heterocycles. The van der Waals surface area contributed by atoms with Gasteiger partial charge in [-0.1, -0.05) is 0 Å². The van der Waals surface area contributed by atoms with Crippen LogP contribution in [-0.4, -0.2) is 40.0 Å². The first-order chi connectivity index (χ1) is 5.12. The van der Waals surface area contributed by atoms with Gasteiger partial charge in [-0.05, 0) is 0 Å². The molecule has 3 nitrogen and oxygen atoms in total. The molecule has 0 amide bonds. The molecule has 0 atom stereocenters. The Hall–Kier alpha value is 0.850. The van der Waals surface area contributed by atoms with Gasteiger partial charge in [0, 0.05) is 0 Å². The van der Waals surface area contributed by atoms with E-state index in [0.29, 0.717) is 0 Å². The molecule has 1 aliphatic rings. The quantitative estimate of drug-likeness (QED) is 0.634. The van der Waals surface area contributed by atoms with Crippen molar-refractivity contribution in [2.75, 3.05) is 40.0 Å². The van der Waals surface area contributed by atoms with Crippen molar-refractivity contribution in [2.45, 2.75) is 0 Å². The molecule has 6 heteroatoms. The van der Waals surface area contributed by atoms with Crippen molar-refractivity contribution in [3.8, 4) is 0 Å². The Morgan fingerprint density at radius 3 is 1.92 bits per heavy atom. The van der Waals surface area contributed by atoms with Gasteiger partial charge in [0.05, 0.1) is 0 Å². The molecule has 0 saturated carbocycles. The van der Waals surface area contributed by atoms with Crippen LogP contribution >= 0.6 is 22.0 Å². The molecule has 0 saturated heterocycles. The molecule has 1 aliphatic heterocycles. The van der Waals surface area contributed by atoms with Crippen LogP contribution < -0.4 is 4.86 Å². The normalized spacial score (nSPS) is 32.8. The Morgan fingerprint density at radius 1 is 1.08 bits per heavy atom. The van der Waals surface area contributed by atoms with Crippen LogP contribution in [0.15, 0.2) is 9.03 Å². The molecule has 0 spiro atoms. The Balaban J connectivity index is 3.22. The van der Waals surface area contributed by atoms with Crippen molar-refractivity contribution < 1.29 is 0 Å². The molecule has 0 radical (unpaired) electrons. The van der Waals surface area contributed by atoms with E-state index in [1.165, 1.54) is 0 Å². The van der Waals surface area contributed by atoms with E-state index in [9.17, 15) is 0 Å². The summed E-state index contributed by atoms with van der Waals surface area (Å²) in [5.41, 5.74) is 0. The SMILES string of the molecule is CP1(C)=N[PH](C)(C)NP(C)(C)=N1. The molecular formula is C6H20N3P3. The fourth-order valence-corrected chi connectivity index (χ4v) is 18.2. The van der Waals surface area contributed by atoms with E-state index in [0.717, 1.165) is 0 Å². The maximum absolute atomic E-state index is 4.84. The van der Waals surface area contributed by atoms with Crippen LogP contribution in [0, 0.1) is 0 Å². The second kappa shape index (κ2) is 2.92. The fourth-order valence-electron chi connectivity index (χ4n) is 1.89. The van der Waals surface area contributed by atoms with Gasteiger partial charge in [-0.2, -0.15) is 0 Å². The predicted molar refractivity (Wildman–Crippen MR) is 65.7 cm³/mol. The molecule has 0 aromatic carbocycles. The van der Waals surface area contributed by atoms with Crippen LogP contribution in [0.4, 0.5) is 0 Å². The van der Waals surface area contributed by atoms with Gasteiger partial charge >= 0.3 is 75.9 Å². The van der Waals surface area contributed by atoms with E-state index in [-0.39, 0.29) is 0 Å². The van der Waals surface area contributed by atoms with Gasteiger partial charge in [-0.15, -0.1) is 0 Å². The first-order valence-corrected chi connectivity index (χ1v) is 12.3. The molecule has 74 valence electrons. The maximum atomic E-state index is 4.84. The van der Waals surface area contributed by atoms with Gasteiger partial charge in [0.25, 0.3) is 0 Å². The minimum absolute atomic E-state index is 1.19. The van der Waals surface area contributed by atoms with Crippen molar-refractivity contribution in [1.29, 1.82) is 0 Å². The van der Waals surface area contributed by atoms with Gasteiger partial charge in [0.1, 0.15) is 0 Å². The summed E-state index contributed by atoms with van der Waals surface area (Å²) in [4.78, 5) is 3.63. The first-order valence-electron chi connectivity index (χ1n) is 4.09. The number of hydrogen-bond donors (Lipinski definition) is 1. The van der Waals surface area contributed by atoms with Crippen LogP contribution in [0.1, 0.15) is 0 Å². The molecule has 12 heavy (non-hydrogen) atoms. The van der Waals surface area contributed by atoms with Gasteiger partial charge in [-0.3, -0.25) is 0 Å². The Labute approximate surface area is 76.4 Å². The van der Waals surface area contributed by atoms with Crippen LogP contribution in [-0.2, 0) is 0 Å². The zero-order chi connectivity index (χ0) is 9.62. The van der Waals surface area contributed by atoms with Crippen molar-refractivity contribution >= 4 is 22.0 Å². The standard InChI is InChI=1S/C6H20N3P3/c1-10(2)7-11(3,4)9-12(5,6)8-10/h7,10H,1-6H3. The van der Waals surface area contributed by atoms with Crippen LogP contribution in [0.3, 0.4) is 0 Å². The second-order valence-electron chi connectivity index (χ2n) is 4.59. The fraction of sp³-hybridized carbons (Fsp3) is 1.00. The molecule has 0 bridgehead atoms. The monoisotopic (exact) mass is 227 g/mol.